The van der Waals surface area contributed by atoms with Crippen LogP contribution < -0.4 is 0 Å². The van der Waals surface area contributed by atoms with Crippen molar-refractivity contribution in [2.45, 2.75) is 21.9 Å². The molecule has 14 nitrogen and oxygen atoms in total. The Bertz CT molecular complexity index is 1540. The maximum atomic E-state index is 11.7. The first-order chi connectivity index (χ1) is 19.9. The molecule has 4 rings (SSSR count). The molecule has 0 aliphatic carbocycles. The number of rotatable bonds is 11. The summed E-state index contributed by atoms with van der Waals surface area (Å²) in [7, 11) is 0. The molecule has 224 valence electrons. The van der Waals surface area contributed by atoms with E-state index < -0.39 is 54.5 Å². The number of nitro groups is 4. The summed E-state index contributed by atoms with van der Waals surface area (Å²) in [6.45, 7) is 0. The fourth-order valence-electron chi connectivity index (χ4n) is 4.08. The van der Waals surface area contributed by atoms with Crippen LogP contribution in [-0.4, -0.2) is 19.7 Å². The van der Waals surface area contributed by atoms with Gasteiger partial charge < -0.3 is 35.9 Å². The van der Waals surface area contributed by atoms with E-state index in [4.69, 9.17) is 25.3 Å². The third-order valence-corrected chi connectivity index (χ3v) is 6.65. The molecule has 0 saturated carbocycles. The molecular formula is C26H16N6NiO8S2-4. The topological polar surface area (TPSA) is 201 Å². The number of nitrogens with zero attached hydrogens (tertiary/aromatic N) is 6. The molecule has 4 aromatic carbocycles. The van der Waals surface area contributed by atoms with Crippen LogP contribution in [0.3, 0.4) is 0 Å². The van der Waals surface area contributed by atoms with Gasteiger partial charge in [-0.15, -0.1) is 12.1 Å². The number of nitro benzene ring substituents is 4. The van der Waals surface area contributed by atoms with Crippen LogP contribution >= 0.6 is 0 Å². The first-order valence-electron chi connectivity index (χ1n) is 11.8. The van der Waals surface area contributed by atoms with E-state index in [2.05, 4.69) is 10.6 Å². The van der Waals surface area contributed by atoms with Crippen molar-refractivity contribution >= 4 is 59.4 Å². The van der Waals surface area contributed by atoms with Crippen molar-refractivity contribution in [3.8, 4) is 0 Å². The van der Waals surface area contributed by atoms with Crippen LogP contribution in [0.15, 0.2) is 94.7 Å². The molecular weight excluding hydrogens is 647 g/mol. The summed E-state index contributed by atoms with van der Waals surface area (Å²) < 4.78 is 0. The van der Waals surface area contributed by atoms with Crippen LogP contribution in [0.5, 0.6) is 0 Å². The van der Waals surface area contributed by atoms with Crippen molar-refractivity contribution in [1.82, 2.24) is 0 Å². The predicted octanol–water partition coefficient (Wildman–Crippen LogP) is 7.32. The van der Waals surface area contributed by atoms with Gasteiger partial charge in [0.05, 0.1) is 31.8 Å². The molecule has 0 fully saturated rings. The van der Waals surface area contributed by atoms with Crippen molar-refractivity contribution < 1.29 is 36.2 Å². The van der Waals surface area contributed by atoms with Crippen molar-refractivity contribution in [1.29, 1.82) is 0 Å². The van der Waals surface area contributed by atoms with Gasteiger partial charge in [-0.3, -0.25) is 40.5 Å². The maximum Gasteiger partial charge on any atom is 0.276 e. The summed E-state index contributed by atoms with van der Waals surface area (Å²) in [5.74, 6) is 0. The molecule has 0 N–H and O–H groups in total. The van der Waals surface area contributed by atoms with E-state index in [1.54, 1.807) is 36.4 Å². The zero-order valence-electron chi connectivity index (χ0n) is 21.3. The third-order valence-electron chi connectivity index (χ3n) is 5.96. The summed E-state index contributed by atoms with van der Waals surface area (Å²) in [4.78, 5) is 44.1. The number of hydrogen-bond acceptors (Lipinski definition) is 10. The number of non-ortho nitro benzene ring substituents is 4. The SMILES string of the molecule is O=[N+]([O-])c1cc(C([N-]c2ccccc2[S-])C([N-]c2ccccc2[S-])c2cc([N+](=O)[O-])cc([N+](=O)[O-])c2)cc([N+](=O)[O-])c1.[Ni]. The Morgan fingerprint density at radius 2 is 0.791 bits per heavy atom. The van der Waals surface area contributed by atoms with E-state index in [1.807, 2.05) is 0 Å². The molecule has 0 radical (unpaired) electrons. The van der Waals surface area contributed by atoms with Crippen LogP contribution in [0, 0.1) is 40.5 Å². The molecule has 4 aromatic rings. The Kier molecular flexibility index (Phi) is 10.4. The molecule has 17 heteroatoms. The van der Waals surface area contributed by atoms with Gasteiger partial charge in [0.2, 0.25) is 0 Å². The largest absolute Gasteiger partial charge is 0.781 e. The van der Waals surface area contributed by atoms with E-state index >= 15 is 0 Å². The molecule has 2 atom stereocenters. The number of hydrogen-bond donors (Lipinski definition) is 0. The predicted molar refractivity (Wildman–Crippen MR) is 155 cm³/mol. The molecule has 2 unspecified atom stereocenters. The first-order valence-corrected chi connectivity index (χ1v) is 12.6. The van der Waals surface area contributed by atoms with Gasteiger partial charge >= 0.3 is 0 Å². The first kappa shape index (κ1) is 32.5. The van der Waals surface area contributed by atoms with Gasteiger partial charge in [0.25, 0.3) is 22.7 Å². The zero-order chi connectivity index (χ0) is 30.6. The number of para-hydroxylation sites is 2. The van der Waals surface area contributed by atoms with Gasteiger partial charge in [-0.2, -0.15) is 21.2 Å². The van der Waals surface area contributed by atoms with Crippen LogP contribution in [0.1, 0.15) is 23.2 Å². The van der Waals surface area contributed by atoms with E-state index in [0.717, 1.165) is 36.4 Å². The summed E-state index contributed by atoms with van der Waals surface area (Å²) in [6, 6.07) is 15.8. The normalized spacial score (nSPS) is 11.8. The zero-order valence-corrected chi connectivity index (χ0v) is 23.9. The van der Waals surface area contributed by atoms with E-state index in [9.17, 15) is 40.5 Å². The summed E-state index contributed by atoms with van der Waals surface area (Å²) in [5.41, 5.74) is -2.23. The minimum atomic E-state index is -1.36. The monoisotopic (exact) mass is 662 g/mol. The van der Waals surface area contributed by atoms with Crippen LogP contribution in [0.4, 0.5) is 34.1 Å². The quantitative estimate of drug-likeness (QED) is 0.0677. The van der Waals surface area contributed by atoms with Crippen LogP contribution in [0.25, 0.3) is 10.6 Å². The Hall–Kier alpha value is -4.99. The standard InChI is InChI=1S/C26H18N6O8S2.Ni/c33-29(34)17-9-15(10-18(13-17)30(35)36)25(27-21-5-1-3-7-23(21)41)26(28-22-6-2-4-8-24(22)42)16-11-19(31(37)38)14-20(12-16)32(39)40;/h1-14,25-26,41-42H;/q-2;/p-2. The second-order valence-corrected chi connectivity index (χ2v) is 9.56. The van der Waals surface area contributed by atoms with Gasteiger partial charge in [0.1, 0.15) is 0 Å². The minimum Gasteiger partial charge on any atom is -0.781 e. The fourth-order valence-corrected chi connectivity index (χ4v) is 4.48. The molecule has 0 heterocycles. The molecule has 0 saturated heterocycles. The Morgan fingerprint density at radius 3 is 1.05 bits per heavy atom. The molecule has 43 heavy (non-hydrogen) atoms. The summed E-state index contributed by atoms with van der Waals surface area (Å²) in [5, 5.41) is 56.2. The van der Waals surface area contributed by atoms with Crippen LogP contribution in [-0.2, 0) is 41.7 Å². The molecule has 0 spiro atoms. The molecule has 0 aliphatic rings. The Morgan fingerprint density at radius 1 is 0.512 bits per heavy atom. The van der Waals surface area contributed by atoms with Gasteiger partial charge in [-0.05, 0) is 11.1 Å². The number of benzene rings is 4. The Labute approximate surface area is 263 Å². The second-order valence-electron chi connectivity index (χ2n) is 8.68. The van der Waals surface area contributed by atoms with Gasteiger partial charge in [0.15, 0.2) is 0 Å². The minimum absolute atomic E-state index is 0. The maximum absolute atomic E-state index is 11.7. The van der Waals surface area contributed by atoms with Gasteiger partial charge in [0, 0.05) is 40.8 Å². The summed E-state index contributed by atoms with van der Waals surface area (Å²) in [6.07, 6.45) is 0. The molecule has 0 aromatic heterocycles. The average molecular weight is 663 g/mol. The van der Waals surface area contributed by atoms with E-state index in [1.165, 1.54) is 12.1 Å². The van der Waals surface area contributed by atoms with Gasteiger partial charge in [-0.25, -0.2) is 0 Å². The second kappa shape index (κ2) is 13.8. The van der Waals surface area contributed by atoms with Crippen molar-refractivity contribution in [2.24, 2.45) is 0 Å². The smallest absolute Gasteiger partial charge is 0.276 e. The molecule has 0 bridgehead atoms. The average Bonchev–Trinajstić information content (AvgIpc) is 2.96. The van der Waals surface area contributed by atoms with Gasteiger partial charge in [-0.1, -0.05) is 48.5 Å². The van der Waals surface area contributed by atoms with Crippen molar-refractivity contribution in [3.63, 3.8) is 0 Å². The summed E-state index contributed by atoms with van der Waals surface area (Å²) >= 11 is 10.8. The van der Waals surface area contributed by atoms with Crippen molar-refractivity contribution in [3.05, 3.63) is 147 Å². The third kappa shape index (κ3) is 7.65. The van der Waals surface area contributed by atoms with Crippen molar-refractivity contribution in [2.75, 3.05) is 0 Å². The Balaban J connectivity index is 0.00000506. The molecule has 0 aliphatic heterocycles. The van der Waals surface area contributed by atoms with Crippen LogP contribution in [0.2, 0.25) is 0 Å². The van der Waals surface area contributed by atoms with E-state index in [0.29, 0.717) is 0 Å². The molecule has 0 amide bonds. The fraction of sp³-hybridized carbons (Fsp3) is 0.0769. The van der Waals surface area contributed by atoms with E-state index in [-0.39, 0.29) is 48.8 Å².